The molecule has 1 saturated carbocycles. The number of carbonyl (C=O) groups is 2. The summed E-state index contributed by atoms with van der Waals surface area (Å²) < 4.78 is 16.7. The van der Waals surface area contributed by atoms with E-state index < -0.39 is 12.1 Å². The van der Waals surface area contributed by atoms with Crippen LogP contribution in [0.2, 0.25) is 0 Å². The lowest BCUT2D eigenvalue weighted by atomic mass is 9.69. The third-order valence-corrected chi connectivity index (χ3v) is 10.3. The smallest absolute Gasteiger partial charge is 0.302 e. The zero-order chi connectivity index (χ0) is 32.8. The first kappa shape index (κ1) is 33.8. The van der Waals surface area contributed by atoms with Crippen molar-refractivity contribution in [3.05, 3.63) is 52.6 Å². The Kier molecular flexibility index (Phi) is 11.3. The highest BCUT2D eigenvalue weighted by Crippen LogP contribution is 2.53. The molecule has 0 heterocycles. The number of phenolic OH excluding ortho intramolecular Hbond substituents is 2. The van der Waals surface area contributed by atoms with E-state index in [1.54, 1.807) is 19.2 Å². The fourth-order valence-corrected chi connectivity index (χ4v) is 8.14. The highest BCUT2D eigenvalue weighted by molar-refractivity contribution is 5.83. The van der Waals surface area contributed by atoms with Crippen LogP contribution >= 0.6 is 0 Å². The minimum atomic E-state index is -0.555. The zero-order valence-corrected chi connectivity index (χ0v) is 27.9. The van der Waals surface area contributed by atoms with Crippen LogP contribution in [0.1, 0.15) is 106 Å². The number of methoxy groups -OCH3 is 2. The van der Waals surface area contributed by atoms with Gasteiger partial charge in [0, 0.05) is 31.4 Å². The standard InChI is InChI=1S/C38H51NO7/c1-5-17-39-33-12-8-11-29-37-31(22-36(45-4)38(29)43)30(28-10-7-6-9-25(28)19-32(33)37)21-26(41)20-27(46-23(2)40)15-13-24-14-16-34(42)35(18-24)44-3/h14,16,18-19,22,25,27-28,30,33,39,42-43H,5-13,15,17,20-21H2,1-4H3. The van der Waals surface area contributed by atoms with Crippen molar-refractivity contribution in [1.82, 2.24) is 5.32 Å². The number of aromatic hydroxyl groups is 2. The molecule has 0 bridgehead atoms. The molecule has 250 valence electrons. The quantitative estimate of drug-likeness (QED) is 0.202. The van der Waals surface area contributed by atoms with Gasteiger partial charge in [0.1, 0.15) is 11.9 Å². The van der Waals surface area contributed by atoms with Gasteiger partial charge in [-0.05, 0) is 116 Å². The molecule has 0 spiro atoms. The maximum Gasteiger partial charge on any atom is 0.302 e. The van der Waals surface area contributed by atoms with Gasteiger partial charge in [-0.15, -0.1) is 0 Å². The molecule has 0 aliphatic heterocycles. The highest BCUT2D eigenvalue weighted by Gasteiger charge is 2.41. The second kappa shape index (κ2) is 15.4. The van der Waals surface area contributed by atoms with Gasteiger partial charge in [0.2, 0.25) is 0 Å². The summed E-state index contributed by atoms with van der Waals surface area (Å²) >= 11 is 0. The Hall–Kier alpha value is -3.52. The van der Waals surface area contributed by atoms with Gasteiger partial charge in [0.05, 0.1) is 14.2 Å². The van der Waals surface area contributed by atoms with Gasteiger partial charge >= 0.3 is 5.97 Å². The van der Waals surface area contributed by atoms with Crippen LogP contribution in [0.25, 0.3) is 5.57 Å². The SMILES string of the molecule is CCCNC1CCCc2c(O)c(OC)cc3c2C1=CC1CCCCC1C3CC(=O)CC(CCc1ccc(O)c(OC)c1)OC(C)=O. The van der Waals surface area contributed by atoms with E-state index in [1.807, 2.05) is 12.1 Å². The summed E-state index contributed by atoms with van der Waals surface area (Å²) in [6.45, 7) is 4.50. The summed E-state index contributed by atoms with van der Waals surface area (Å²) in [7, 11) is 3.10. The number of carbonyl (C=O) groups excluding carboxylic acids is 2. The molecule has 3 aliphatic carbocycles. The molecule has 2 aromatic carbocycles. The summed E-state index contributed by atoms with van der Waals surface area (Å²) in [5.74, 6) is 1.44. The Balaban J connectivity index is 1.46. The lowest BCUT2D eigenvalue weighted by molar-refractivity contribution is -0.147. The molecule has 8 nitrogen and oxygen atoms in total. The first-order valence-electron chi connectivity index (χ1n) is 17.2. The molecule has 3 aliphatic rings. The fourth-order valence-electron chi connectivity index (χ4n) is 8.14. The van der Waals surface area contributed by atoms with Crippen molar-refractivity contribution in [1.29, 1.82) is 0 Å². The highest BCUT2D eigenvalue weighted by atomic mass is 16.5. The number of esters is 1. The zero-order valence-electron chi connectivity index (χ0n) is 27.9. The van der Waals surface area contributed by atoms with Gasteiger partial charge in [-0.3, -0.25) is 9.59 Å². The number of ketones is 1. The Morgan fingerprint density at radius 3 is 2.54 bits per heavy atom. The number of nitrogens with one attached hydrogen (secondary N) is 1. The molecular weight excluding hydrogens is 582 g/mol. The average molecular weight is 634 g/mol. The first-order chi connectivity index (χ1) is 22.2. The van der Waals surface area contributed by atoms with Crippen LogP contribution < -0.4 is 14.8 Å². The number of benzene rings is 2. The van der Waals surface area contributed by atoms with E-state index >= 15 is 0 Å². The number of hydrogen-bond acceptors (Lipinski definition) is 8. The Labute approximate surface area is 273 Å². The lowest BCUT2D eigenvalue weighted by Gasteiger charge is -2.35. The number of Topliss-reactive ketones (excluding diaryl/α,β-unsaturated/α-hetero) is 1. The molecule has 0 radical (unpaired) electrons. The van der Waals surface area contributed by atoms with Crippen molar-refractivity contribution in [3.63, 3.8) is 0 Å². The van der Waals surface area contributed by atoms with E-state index in [4.69, 9.17) is 14.2 Å². The average Bonchev–Trinajstić information content (AvgIpc) is 3.29. The van der Waals surface area contributed by atoms with Crippen molar-refractivity contribution >= 4 is 17.3 Å². The molecule has 2 aromatic rings. The molecule has 5 unspecified atom stereocenters. The molecule has 0 amide bonds. The third-order valence-electron chi connectivity index (χ3n) is 10.3. The van der Waals surface area contributed by atoms with Gasteiger partial charge in [-0.25, -0.2) is 0 Å². The van der Waals surface area contributed by atoms with E-state index in [1.165, 1.54) is 26.0 Å². The number of ether oxygens (including phenoxy) is 3. The molecule has 5 rings (SSSR count). The van der Waals surface area contributed by atoms with E-state index in [0.717, 1.165) is 73.7 Å². The molecule has 0 aromatic heterocycles. The molecule has 1 fully saturated rings. The van der Waals surface area contributed by atoms with Crippen molar-refractivity contribution in [2.45, 2.75) is 109 Å². The van der Waals surface area contributed by atoms with Crippen molar-refractivity contribution in [2.75, 3.05) is 20.8 Å². The van der Waals surface area contributed by atoms with E-state index in [-0.39, 0.29) is 35.7 Å². The van der Waals surface area contributed by atoms with Crippen LogP contribution in [0.4, 0.5) is 0 Å². The van der Waals surface area contributed by atoms with Crippen molar-refractivity contribution in [3.8, 4) is 23.0 Å². The topological polar surface area (TPSA) is 114 Å². The van der Waals surface area contributed by atoms with Gasteiger partial charge in [0.15, 0.2) is 23.0 Å². The number of hydrogen-bond donors (Lipinski definition) is 3. The predicted molar refractivity (Wildman–Crippen MR) is 179 cm³/mol. The summed E-state index contributed by atoms with van der Waals surface area (Å²) in [6, 6.07) is 7.38. The number of fused-ring (bicyclic) bond motifs is 1. The van der Waals surface area contributed by atoms with Crippen LogP contribution in [0.3, 0.4) is 0 Å². The second-order valence-electron chi connectivity index (χ2n) is 13.3. The monoisotopic (exact) mass is 633 g/mol. The van der Waals surface area contributed by atoms with E-state index in [2.05, 4.69) is 18.3 Å². The summed E-state index contributed by atoms with van der Waals surface area (Å²) in [5.41, 5.74) is 5.39. The largest absolute Gasteiger partial charge is 0.504 e. The molecule has 0 saturated heterocycles. The molecule has 3 N–H and O–H groups in total. The number of phenols is 2. The Morgan fingerprint density at radius 2 is 1.80 bits per heavy atom. The summed E-state index contributed by atoms with van der Waals surface area (Å²) in [5, 5.41) is 25.2. The molecule has 46 heavy (non-hydrogen) atoms. The lowest BCUT2D eigenvalue weighted by Crippen LogP contribution is -2.31. The fraction of sp³-hybridized carbons (Fsp3) is 0.579. The number of rotatable bonds is 13. The first-order valence-corrected chi connectivity index (χ1v) is 17.2. The van der Waals surface area contributed by atoms with Crippen LogP contribution in [-0.2, 0) is 27.2 Å². The third kappa shape index (κ3) is 7.54. The van der Waals surface area contributed by atoms with E-state index in [0.29, 0.717) is 42.6 Å². The maximum absolute atomic E-state index is 14.0. The molecule has 8 heteroatoms. The minimum Gasteiger partial charge on any atom is -0.504 e. The van der Waals surface area contributed by atoms with Crippen LogP contribution in [-0.4, -0.2) is 54.9 Å². The predicted octanol–water partition coefficient (Wildman–Crippen LogP) is 7.02. The molecule has 5 atom stereocenters. The van der Waals surface area contributed by atoms with Gasteiger partial charge in [0.25, 0.3) is 0 Å². The second-order valence-corrected chi connectivity index (χ2v) is 13.3. The maximum atomic E-state index is 14.0. The van der Waals surface area contributed by atoms with Gasteiger partial charge in [-0.2, -0.15) is 0 Å². The van der Waals surface area contributed by atoms with Crippen LogP contribution in [0.5, 0.6) is 23.0 Å². The van der Waals surface area contributed by atoms with Gasteiger partial charge in [-0.1, -0.05) is 31.9 Å². The minimum absolute atomic E-state index is 0.0286. The van der Waals surface area contributed by atoms with Gasteiger partial charge < -0.3 is 29.7 Å². The Bertz CT molecular complexity index is 1430. The van der Waals surface area contributed by atoms with Crippen molar-refractivity contribution in [2.24, 2.45) is 11.8 Å². The van der Waals surface area contributed by atoms with Crippen LogP contribution in [0.15, 0.2) is 30.3 Å². The number of allylic oxidation sites excluding steroid dienone is 1. The van der Waals surface area contributed by atoms with Crippen LogP contribution in [0, 0.1) is 11.8 Å². The Morgan fingerprint density at radius 1 is 1.02 bits per heavy atom. The van der Waals surface area contributed by atoms with Crippen molar-refractivity contribution < 1.29 is 34.0 Å². The summed E-state index contributed by atoms with van der Waals surface area (Å²) in [4.78, 5) is 26.1. The normalized spacial score (nSPS) is 22.7. The number of aryl methyl sites for hydroxylation is 1. The molecular formula is C38H51NO7. The van der Waals surface area contributed by atoms with E-state index in [9.17, 15) is 19.8 Å². The summed E-state index contributed by atoms with van der Waals surface area (Å²) in [6.07, 6.45) is 11.7.